The van der Waals surface area contributed by atoms with Gasteiger partial charge in [0.15, 0.2) is 10.9 Å². The maximum atomic E-state index is 13.4. The zero-order valence-electron chi connectivity index (χ0n) is 11.1. The van der Waals surface area contributed by atoms with Crippen LogP contribution in [-0.4, -0.2) is 9.97 Å². The standard InChI is InChI=1S/C13H9F5N2OS.CH4/c1-6-8(14)2-7(3-9(6)15)5-22-12-19-10(13(16,17)18)4-11(21)20-12;/h2-4H,5H2,1H3,(H,19,20,21);1H4. The molecule has 0 bridgehead atoms. The fraction of sp³-hybridized carbons (Fsp3) is 0.286. The zero-order chi connectivity index (χ0) is 16.5. The molecule has 0 aliphatic rings. The van der Waals surface area contributed by atoms with Crippen molar-refractivity contribution in [3.05, 3.63) is 57.0 Å². The van der Waals surface area contributed by atoms with Crippen molar-refractivity contribution in [3.8, 4) is 0 Å². The van der Waals surface area contributed by atoms with Crippen LogP contribution in [0.2, 0.25) is 0 Å². The minimum absolute atomic E-state index is 0. The van der Waals surface area contributed by atoms with Crippen molar-refractivity contribution in [3.63, 3.8) is 0 Å². The number of rotatable bonds is 3. The Hall–Kier alpha value is -1.90. The van der Waals surface area contributed by atoms with Crippen LogP contribution in [0.5, 0.6) is 0 Å². The normalized spacial score (nSPS) is 11.2. The second-order valence-electron chi connectivity index (χ2n) is 4.41. The highest BCUT2D eigenvalue weighted by Crippen LogP contribution is 2.28. The topological polar surface area (TPSA) is 45.8 Å². The maximum Gasteiger partial charge on any atom is 0.433 e. The number of aromatic nitrogens is 2. The third kappa shape index (κ3) is 4.78. The average molecular weight is 352 g/mol. The van der Waals surface area contributed by atoms with Crippen LogP contribution in [0.1, 0.15) is 24.2 Å². The number of benzene rings is 1. The highest BCUT2D eigenvalue weighted by molar-refractivity contribution is 7.98. The molecule has 1 heterocycles. The van der Waals surface area contributed by atoms with Gasteiger partial charge in [-0.05, 0) is 24.6 Å². The Morgan fingerprint density at radius 1 is 1.17 bits per heavy atom. The van der Waals surface area contributed by atoms with Crippen LogP contribution in [0.3, 0.4) is 0 Å². The lowest BCUT2D eigenvalue weighted by Crippen LogP contribution is -2.16. The summed E-state index contributed by atoms with van der Waals surface area (Å²) in [7, 11) is 0. The highest BCUT2D eigenvalue weighted by Gasteiger charge is 2.33. The van der Waals surface area contributed by atoms with Gasteiger partial charge in [0.25, 0.3) is 5.56 Å². The molecule has 0 saturated carbocycles. The van der Waals surface area contributed by atoms with Gasteiger partial charge < -0.3 is 4.98 Å². The van der Waals surface area contributed by atoms with Gasteiger partial charge in [-0.3, -0.25) is 4.79 Å². The predicted octanol–water partition coefficient (Wildman–Crippen LogP) is 4.30. The quantitative estimate of drug-likeness (QED) is 0.509. The smallest absolute Gasteiger partial charge is 0.301 e. The van der Waals surface area contributed by atoms with Crippen LogP contribution in [0.25, 0.3) is 0 Å². The number of nitrogens with zero attached hydrogens (tertiary/aromatic N) is 1. The maximum absolute atomic E-state index is 13.4. The first-order valence-corrected chi connectivity index (χ1v) is 6.91. The lowest BCUT2D eigenvalue weighted by Gasteiger charge is -2.08. The van der Waals surface area contributed by atoms with Crippen LogP contribution in [0, 0.1) is 18.6 Å². The Bertz CT molecular complexity index is 735. The summed E-state index contributed by atoms with van der Waals surface area (Å²) in [5.74, 6) is -1.54. The van der Waals surface area contributed by atoms with Gasteiger partial charge >= 0.3 is 6.18 Å². The van der Waals surface area contributed by atoms with Gasteiger partial charge in [0.1, 0.15) is 11.6 Å². The third-order valence-electron chi connectivity index (χ3n) is 2.73. The number of halogens is 5. The van der Waals surface area contributed by atoms with Crippen LogP contribution in [0.4, 0.5) is 22.0 Å². The molecule has 0 aliphatic heterocycles. The van der Waals surface area contributed by atoms with Crippen molar-refractivity contribution in [2.75, 3.05) is 0 Å². The molecule has 126 valence electrons. The van der Waals surface area contributed by atoms with Crippen LogP contribution < -0.4 is 5.56 Å². The Morgan fingerprint density at radius 2 is 1.74 bits per heavy atom. The monoisotopic (exact) mass is 352 g/mol. The van der Waals surface area contributed by atoms with Gasteiger partial charge in [-0.15, -0.1) is 0 Å². The molecule has 23 heavy (non-hydrogen) atoms. The van der Waals surface area contributed by atoms with E-state index in [1.54, 1.807) is 0 Å². The summed E-state index contributed by atoms with van der Waals surface area (Å²) in [6.07, 6.45) is -4.74. The molecule has 0 amide bonds. The number of hydrogen-bond acceptors (Lipinski definition) is 3. The van der Waals surface area contributed by atoms with E-state index < -0.39 is 29.1 Å². The molecule has 1 aromatic carbocycles. The lowest BCUT2D eigenvalue weighted by atomic mass is 10.1. The molecule has 1 aromatic heterocycles. The Morgan fingerprint density at radius 3 is 2.26 bits per heavy atom. The van der Waals surface area contributed by atoms with E-state index in [-0.39, 0.29) is 29.5 Å². The Kier molecular flexibility index (Phi) is 5.92. The summed E-state index contributed by atoms with van der Waals surface area (Å²) in [6.45, 7) is 1.27. The molecular formula is C14H13F5N2OS. The summed E-state index contributed by atoms with van der Waals surface area (Å²) in [6, 6.07) is 2.50. The first-order valence-electron chi connectivity index (χ1n) is 5.92. The van der Waals surface area contributed by atoms with E-state index in [2.05, 4.69) is 9.97 Å². The number of hydrogen-bond donors (Lipinski definition) is 1. The SMILES string of the molecule is C.Cc1c(F)cc(CSc2nc(C(F)(F)F)cc(=O)[nH]2)cc1F. The van der Waals surface area contributed by atoms with E-state index in [0.717, 1.165) is 23.9 Å². The fourth-order valence-electron chi connectivity index (χ4n) is 1.58. The van der Waals surface area contributed by atoms with E-state index in [0.29, 0.717) is 6.07 Å². The van der Waals surface area contributed by atoms with E-state index in [9.17, 15) is 26.7 Å². The molecule has 0 unspecified atom stereocenters. The fourth-order valence-corrected chi connectivity index (χ4v) is 2.39. The Labute approximate surface area is 133 Å². The van der Waals surface area contributed by atoms with E-state index in [1.807, 2.05) is 0 Å². The van der Waals surface area contributed by atoms with Crippen molar-refractivity contribution in [2.24, 2.45) is 0 Å². The molecule has 0 spiro atoms. The number of nitrogens with one attached hydrogen (secondary N) is 1. The zero-order valence-corrected chi connectivity index (χ0v) is 11.9. The van der Waals surface area contributed by atoms with Crippen LogP contribution in [0.15, 0.2) is 28.2 Å². The average Bonchev–Trinajstić information content (AvgIpc) is 2.41. The van der Waals surface area contributed by atoms with Crippen LogP contribution >= 0.6 is 11.8 Å². The predicted molar refractivity (Wildman–Crippen MR) is 77.2 cm³/mol. The molecule has 3 nitrogen and oxygen atoms in total. The van der Waals surface area contributed by atoms with Crippen molar-refractivity contribution < 1.29 is 22.0 Å². The summed E-state index contributed by atoms with van der Waals surface area (Å²) < 4.78 is 64.4. The molecule has 0 saturated heterocycles. The van der Waals surface area contributed by atoms with Crippen molar-refractivity contribution >= 4 is 11.8 Å². The first-order chi connectivity index (χ1) is 10.2. The Balaban J connectivity index is 0.00000264. The van der Waals surface area contributed by atoms with Gasteiger partial charge in [-0.1, -0.05) is 19.2 Å². The minimum Gasteiger partial charge on any atom is -0.301 e. The molecule has 2 rings (SSSR count). The van der Waals surface area contributed by atoms with Crippen molar-refractivity contribution in [2.45, 2.75) is 31.4 Å². The van der Waals surface area contributed by atoms with Gasteiger partial charge in [-0.25, -0.2) is 13.8 Å². The number of H-pyrrole nitrogens is 1. The summed E-state index contributed by atoms with van der Waals surface area (Å²) in [4.78, 5) is 16.6. The van der Waals surface area contributed by atoms with E-state index in [1.165, 1.54) is 6.92 Å². The molecule has 2 aromatic rings. The number of alkyl halides is 3. The second kappa shape index (κ2) is 7.12. The van der Waals surface area contributed by atoms with Crippen molar-refractivity contribution in [1.29, 1.82) is 0 Å². The molecule has 9 heteroatoms. The molecule has 0 fully saturated rings. The van der Waals surface area contributed by atoms with Gasteiger partial charge in [-0.2, -0.15) is 13.2 Å². The lowest BCUT2D eigenvalue weighted by molar-refractivity contribution is -0.141. The molecule has 1 N–H and O–H groups in total. The number of aromatic amines is 1. The minimum atomic E-state index is -4.74. The summed E-state index contributed by atoms with van der Waals surface area (Å²) in [5.41, 5.74) is -2.18. The first kappa shape index (κ1) is 19.1. The number of thioether (sulfide) groups is 1. The van der Waals surface area contributed by atoms with Crippen LogP contribution in [-0.2, 0) is 11.9 Å². The second-order valence-corrected chi connectivity index (χ2v) is 5.37. The van der Waals surface area contributed by atoms with Gasteiger partial charge in [0, 0.05) is 17.4 Å². The summed E-state index contributed by atoms with van der Waals surface area (Å²) >= 11 is 0.741. The molecule has 0 atom stereocenters. The van der Waals surface area contributed by atoms with E-state index in [4.69, 9.17) is 0 Å². The highest BCUT2D eigenvalue weighted by atomic mass is 32.2. The largest absolute Gasteiger partial charge is 0.433 e. The van der Waals surface area contributed by atoms with Crippen molar-refractivity contribution in [1.82, 2.24) is 9.97 Å². The molecule has 0 radical (unpaired) electrons. The molecular weight excluding hydrogens is 339 g/mol. The molecule has 0 aliphatic carbocycles. The van der Waals surface area contributed by atoms with Gasteiger partial charge in [0.2, 0.25) is 0 Å². The van der Waals surface area contributed by atoms with Gasteiger partial charge in [0.05, 0.1) is 0 Å². The van der Waals surface area contributed by atoms with E-state index >= 15 is 0 Å². The summed E-state index contributed by atoms with van der Waals surface area (Å²) in [5, 5.41) is -0.277. The third-order valence-corrected chi connectivity index (χ3v) is 3.67.